The van der Waals surface area contributed by atoms with E-state index in [0.717, 1.165) is 6.61 Å². The van der Waals surface area contributed by atoms with Crippen molar-refractivity contribution in [3.8, 4) is 0 Å². The third-order valence-electron chi connectivity index (χ3n) is 3.90. The topological polar surface area (TPSA) is 21.3 Å². The highest BCUT2D eigenvalue weighted by Gasteiger charge is 2.34. The van der Waals surface area contributed by atoms with E-state index in [1.807, 2.05) is 0 Å². The fourth-order valence-electron chi connectivity index (χ4n) is 2.89. The Morgan fingerprint density at radius 2 is 2.29 bits per heavy atom. The highest BCUT2D eigenvalue weighted by atomic mass is 16.5. The average molecular weight is 197 g/mol. The quantitative estimate of drug-likeness (QED) is 0.750. The van der Waals surface area contributed by atoms with Crippen LogP contribution >= 0.6 is 0 Å². The average Bonchev–Trinajstić information content (AvgIpc) is 2.69. The van der Waals surface area contributed by atoms with E-state index in [9.17, 15) is 0 Å². The smallest absolute Gasteiger partial charge is 0.0592 e. The highest BCUT2D eigenvalue weighted by molar-refractivity contribution is 4.94. The lowest BCUT2D eigenvalue weighted by atomic mass is 9.86. The Balaban J connectivity index is 1.86. The van der Waals surface area contributed by atoms with Gasteiger partial charge < -0.3 is 10.1 Å². The van der Waals surface area contributed by atoms with Crippen molar-refractivity contribution in [3.63, 3.8) is 0 Å². The van der Waals surface area contributed by atoms with Gasteiger partial charge in [0.2, 0.25) is 0 Å². The first kappa shape index (κ1) is 10.4. The predicted molar refractivity (Wildman–Crippen MR) is 58.5 cm³/mol. The Labute approximate surface area is 87.4 Å². The van der Waals surface area contributed by atoms with Crippen LogP contribution in [0.4, 0.5) is 0 Å². The van der Waals surface area contributed by atoms with Crippen LogP contribution < -0.4 is 5.32 Å². The van der Waals surface area contributed by atoms with Gasteiger partial charge in [0.15, 0.2) is 0 Å². The molecule has 14 heavy (non-hydrogen) atoms. The number of hydrogen-bond acceptors (Lipinski definition) is 2. The SMILES string of the molecule is CCC1(CC2CCCCO2)CCCN1. The Morgan fingerprint density at radius 3 is 2.86 bits per heavy atom. The van der Waals surface area contributed by atoms with Crippen molar-refractivity contribution in [1.29, 1.82) is 0 Å². The van der Waals surface area contributed by atoms with Gasteiger partial charge in [-0.15, -0.1) is 0 Å². The molecule has 2 fully saturated rings. The molecule has 0 aliphatic carbocycles. The van der Waals surface area contributed by atoms with Crippen LogP contribution in [0.2, 0.25) is 0 Å². The van der Waals surface area contributed by atoms with Crippen molar-refractivity contribution >= 4 is 0 Å². The molecular weight excluding hydrogens is 174 g/mol. The lowest BCUT2D eigenvalue weighted by molar-refractivity contribution is -0.00520. The number of ether oxygens (including phenoxy) is 1. The van der Waals surface area contributed by atoms with Gasteiger partial charge >= 0.3 is 0 Å². The Bertz CT molecular complexity index is 169. The van der Waals surface area contributed by atoms with E-state index in [2.05, 4.69) is 12.2 Å². The minimum atomic E-state index is 0.419. The summed E-state index contributed by atoms with van der Waals surface area (Å²) in [5.41, 5.74) is 0.419. The van der Waals surface area contributed by atoms with E-state index < -0.39 is 0 Å². The van der Waals surface area contributed by atoms with Crippen molar-refractivity contribution in [1.82, 2.24) is 5.32 Å². The molecule has 1 N–H and O–H groups in total. The molecular formula is C12H23NO. The summed E-state index contributed by atoms with van der Waals surface area (Å²) in [5, 5.41) is 3.69. The van der Waals surface area contributed by atoms with E-state index in [1.54, 1.807) is 0 Å². The standard InChI is InChI=1S/C12H23NO/c1-2-12(7-5-8-13-12)10-11-6-3-4-9-14-11/h11,13H,2-10H2,1H3. The minimum absolute atomic E-state index is 0.419. The van der Waals surface area contributed by atoms with Crippen molar-refractivity contribution in [2.45, 2.75) is 63.5 Å². The Morgan fingerprint density at radius 1 is 1.36 bits per heavy atom. The minimum Gasteiger partial charge on any atom is -0.378 e. The largest absolute Gasteiger partial charge is 0.378 e. The molecule has 0 radical (unpaired) electrons. The zero-order valence-electron chi connectivity index (χ0n) is 9.35. The van der Waals surface area contributed by atoms with Crippen LogP contribution in [0.15, 0.2) is 0 Å². The van der Waals surface area contributed by atoms with Crippen LogP contribution in [0.3, 0.4) is 0 Å². The zero-order chi connectivity index (χ0) is 9.86. The van der Waals surface area contributed by atoms with E-state index in [0.29, 0.717) is 11.6 Å². The van der Waals surface area contributed by atoms with Gasteiger partial charge in [0.25, 0.3) is 0 Å². The van der Waals surface area contributed by atoms with Crippen molar-refractivity contribution < 1.29 is 4.74 Å². The summed E-state index contributed by atoms with van der Waals surface area (Å²) in [6, 6.07) is 0. The van der Waals surface area contributed by atoms with Gasteiger partial charge in [-0.3, -0.25) is 0 Å². The summed E-state index contributed by atoms with van der Waals surface area (Å²) < 4.78 is 5.83. The second-order valence-electron chi connectivity index (χ2n) is 4.86. The molecule has 0 bridgehead atoms. The number of nitrogens with one attached hydrogen (secondary N) is 1. The molecule has 2 saturated heterocycles. The summed E-state index contributed by atoms with van der Waals surface area (Å²) in [6.07, 6.45) is 9.64. The van der Waals surface area contributed by atoms with Crippen LogP contribution in [0.1, 0.15) is 51.9 Å². The number of hydrogen-bond donors (Lipinski definition) is 1. The summed E-state index contributed by atoms with van der Waals surface area (Å²) in [6.45, 7) is 4.51. The molecule has 2 unspecified atom stereocenters. The first-order valence-corrected chi connectivity index (χ1v) is 6.21. The maximum Gasteiger partial charge on any atom is 0.0592 e. The van der Waals surface area contributed by atoms with E-state index >= 15 is 0 Å². The molecule has 2 rings (SSSR count). The van der Waals surface area contributed by atoms with E-state index in [1.165, 1.54) is 51.5 Å². The molecule has 2 heterocycles. The third kappa shape index (κ3) is 2.29. The first-order valence-electron chi connectivity index (χ1n) is 6.21. The van der Waals surface area contributed by atoms with Crippen LogP contribution in [-0.4, -0.2) is 24.8 Å². The summed E-state index contributed by atoms with van der Waals surface area (Å²) >= 11 is 0. The summed E-state index contributed by atoms with van der Waals surface area (Å²) in [7, 11) is 0. The highest BCUT2D eigenvalue weighted by Crippen LogP contribution is 2.31. The molecule has 0 amide bonds. The summed E-state index contributed by atoms with van der Waals surface area (Å²) in [5.74, 6) is 0. The van der Waals surface area contributed by atoms with Gasteiger partial charge in [-0.05, 0) is 51.5 Å². The summed E-state index contributed by atoms with van der Waals surface area (Å²) in [4.78, 5) is 0. The van der Waals surface area contributed by atoms with Crippen molar-refractivity contribution in [2.75, 3.05) is 13.2 Å². The fraction of sp³-hybridized carbons (Fsp3) is 1.00. The van der Waals surface area contributed by atoms with Gasteiger partial charge in [-0.1, -0.05) is 6.92 Å². The maximum absolute atomic E-state index is 5.83. The third-order valence-corrected chi connectivity index (χ3v) is 3.90. The van der Waals surface area contributed by atoms with Crippen LogP contribution in [0.25, 0.3) is 0 Å². The van der Waals surface area contributed by atoms with Gasteiger partial charge in [0, 0.05) is 12.1 Å². The number of rotatable bonds is 3. The van der Waals surface area contributed by atoms with Crippen LogP contribution in [-0.2, 0) is 4.74 Å². The Hall–Kier alpha value is -0.0800. The van der Waals surface area contributed by atoms with Gasteiger partial charge in [0.05, 0.1) is 6.10 Å². The van der Waals surface area contributed by atoms with Gasteiger partial charge in [-0.2, -0.15) is 0 Å². The van der Waals surface area contributed by atoms with E-state index in [-0.39, 0.29) is 0 Å². The van der Waals surface area contributed by atoms with Gasteiger partial charge in [-0.25, -0.2) is 0 Å². The molecule has 0 saturated carbocycles. The molecule has 2 atom stereocenters. The van der Waals surface area contributed by atoms with Gasteiger partial charge in [0.1, 0.15) is 0 Å². The molecule has 0 spiro atoms. The molecule has 82 valence electrons. The van der Waals surface area contributed by atoms with Crippen LogP contribution in [0.5, 0.6) is 0 Å². The monoisotopic (exact) mass is 197 g/mol. The molecule has 0 aromatic carbocycles. The molecule has 2 aliphatic rings. The van der Waals surface area contributed by atoms with Crippen molar-refractivity contribution in [2.24, 2.45) is 0 Å². The Kier molecular flexibility index (Phi) is 3.45. The molecule has 0 aromatic rings. The predicted octanol–water partition coefficient (Wildman–Crippen LogP) is 2.48. The first-order chi connectivity index (χ1) is 6.85. The molecule has 0 aromatic heterocycles. The molecule has 2 heteroatoms. The molecule has 2 aliphatic heterocycles. The van der Waals surface area contributed by atoms with E-state index in [4.69, 9.17) is 4.74 Å². The lowest BCUT2D eigenvalue weighted by Gasteiger charge is -2.34. The van der Waals surface area contributed by atoms with Crippen LogP contribution in [0, 0.1) is 0 Å². The van der Waals surface area contributed by atoms with Crippen molar-refractivity contribution in [3.05, 3.63) is 0 Å². The molecule has 2 nitrogen and oxygen atoms in total. The normalized spacial score (nSPS) is 38.8. The second kappa shape index (κ2) is 4.63. The second-order valence-corrected chi connectivity index (χ2v) is 4.86. The maximum atomic E-state index is 5.83. The fourth-order valence-corrected chi connectivity index (χ4v) is 2.89. The lowest BCUT2D eigenvalue weighted by Crippen LogP contribution is -2.43. The zero-order valence-corrected chi connectivity index (χ0v) is 9.35.